The van der Waals surface area contributed by atoms with Crippen molar-refractivity contribution in [1.29, 1.82) is 0 Å². The van der Waals surface area contributed by atoms with Crippen molar-refractivity contribution < 1.29 is 0 Å². The van der Waals surface area contributed by atoms with Crippen molar-refractivity contribution in [3.05, 3.63) is 177 Å². The summed E-state index contributed by atoms with van der Waals surface area (Å²) < 4.78 is 4.89. The maximum Gasteiger partial charge on any atom is 0.0541 e. The number of aromatic nitrogens is 2. The van der Waals surface area contributed by atoms with Crippen molar-refractivity contribution in [2.75, 3.05) is 0 Å². The first-order valence-corrected chi connectivity index (χ1v) is 18.3. The van der Waals surface area contributed by atoms with Gasteiger partial charge in [-0.25, -0.2) is 0 Å². The molecule has 0 saturated carbocycles. The monoisotopic (exact) mass is 674 g/mol. The van der Waals surface area contributed by atoms with Crippen molar-refractivity contribution in [2.45, 2.75) is 73.8 Å². The van der Waals surface area contributed by atoms with Crippen molar-refractivity contribution in [1.82, 2.24) is 9.13 Å². The Bertz CT molecular complexity index is 2090. The highest BCUT2D eigenvalue weighted by molar-refractivity contribution is 6.10. The van der Waals surface area contributed by atoms with Crippen LogP contribution in [0.2, 0.25) is 0 Å². The molecule has 0 aliphatic rings. The fourth-order valence-corrected chi connectivity index (χ4v) is 6.03. The van der Waals surface area contributed by atoms with Gasteiger partial charge in [0.25, 0.3) is 0 Å². The van der Waals surface area contributed by atoms with E-state index in [2.05, 4.69) is 157 Å². The Morgan fingerprint density at radius 2 is 0.922 bits per heavy atom. The third kappa shape index (κ3) is 9.67. The van der Waals surface area contributed by atoms with Crippen LogP contribution in [0.1, 0.15) is 67.4 Å². The van der Waals surface area contributed by atoms with Gasteiger partial charge in [-0.15, -0.1) is 0 Å². The third-order valence-corrected chi connectivity index (χ3v) is 8.94. The molecule has 2 heteroatoms. The highest BCUT2D eigenvalue weighted by Crippen LogP contribution is 2.37. The standard InChI is InChI=1S/C35H30N2.2C4H8.C4H6.C2H6/c1-35(2,22-23-36-31-17-9-6-14-27(31)28-15-7-10-18-32(28)36)25-20-21-34-30(24-25)29-16-8-11-19-33(29)37(34)26-12-4-3-5-13-26;3*1-3-4-2;1-2/h3-21,24H,22-23H2,1-2H3;2*3-4H,1-2H3;3-4H,1-2H2;1-2H3/b;2*4-3-;;. The molecule has 0 aliphatic carbocycles. The summed E-state index contributed by atoms with van der Waals surface area (Å²) in [7, 11) is 0. The minimum absolute atomic E-state index is 0.0244. The minimum Gasteiger partial charge on any atom is -0.340 e. The van der Waals surface area contributed by atoms with E-state index in [9.17, 15) is 0 Å². The van der Waals surface area contributed by atoms with Gasteiger partial charge in [0.1, 0.15) is 0 Å². The van der Waals surface area contributed by atoms with Crippen molar-refractivity contribution in [3.63, 3.8) is 0 Å². The van der Waals surface area contributed by atoms with E-state index in [1.165, 1.54) is 54.9 Å². The van der Waals surface area contributed by atoms with E-state index >= 15 is 0 Å². The Morgan fingerprint density at radius 1 is 0.510 bits per heavy atom. The van der Waals surface area contributed by atoms with E-state index in [0.29, 0.717) is 0 Å². The van der Waals surface area contributed by atoms with Crippen LogP contribution in [-0.4, -0.2) is 9.13 Å². The van der Waals surface area contributed by atoms with Crippen molar-refractivity contribution in [3.8, 4) is 5.69 Å². The van der Waals surface area contributed by atoms with Gasteiger partial charge < -0.3 is 9.13 Å². The molecule has 2 heterocycles. The average molecular weight is 675 g/mol. The molecule has 0 aliphatic heterocycles. The zero-order valence-electron chi connectivity index (χ0n) is 32.2. The molecule has 51 heavy (non-hydrogen) atoms. The molecule has 0 amide bonds. The Balaban J connectivity index is 0.000000435. The van der Waals surface area contributed by atoms with Crippen LogP contribution in [0.15, 0.2) is 171 Å². The van der Waals surface area contributed by atoms with Crippen LogP contribution in [-0.2, 0) is 12.0 Å². The van der Waals surface area contributed by atoms with Gasteiger partial charge in [-0.1, -0.05) is 156 Å². The van der Waals surface area contributed by atoms with Gasteiger partial charge >= 0.3 is 0 Å². The van der Waals surface area contributed by atoms with Gasteiger partial charge in [0.15, 0.2) is 0 Å². The first kappa shape index (κ1) is 40.1. The molecule has 0 atom stereocenters. The van der Waals surface area contributed by atoms with E-state index in [1.54, 1.807) is 12.2 Å². The van der Waals surface area contributed by atoms with Crippen LogP contribution in [0.3, 0.4) is 0 Å². The first-order chi connectivity index (χ1) is 24.9. The molecule has 0 spiro atoms. The molecule has 0 bridgehead atoms. The fourth-order valence-electron chi connectivity index (χ4n) is 6.03. The highest BCUT2D eigenvalue weighted by atomic mass is 15.0. The number of hydrogen-bond donors (Lipinski definition) is 0. The topological polar surface area (TPSA) is 9.86 Å². The molecule has 7 aromatic rings. The second-order valence-corrected chi connectivity index (χ2v) is 12.5. The number of allylic oxidation sites excluding steroid dienone is 6. The summed E-state index contributed by atoms with van der Waals surface area (Å²) in [6, 6.07) is 44.1. The average Bonchev–Trinajstić information content (AvgIpc) is 3.71. The molecular weight excluding hydrogens is 617 g/mol. The number of hydrogen-bond acceptors (Lipinski definition) is 0. The molecule has 2 nitrogen and oxygen atoms in total. The van der Waals surface area contributed by atoms with Crippen LogP contribution >= 0.6 is 0 Å². The van der Waals surface area contributed by atoms with Gasteiger partial charge in [0.2, 0.25) is 0 Å². The fraction of sp³-hybridized carbons (Fsp3) is 0.224. The minimum atomic E-state index is 0.0244. The number of benzene rings is 5. The van der Waals surface area contributed by atoms with E-state index < -0.39 is 0 Å². The van der Waals surface area contributed by atoms with Crippen LogP contribution in [0, 0.1) is 0 Å². The number of rotatable bonds is 6. The zero-order valence-corrected chi connectivity index (χ0v) is 32.2. The Morgan fingerprint density at radius 3 is 1.39 bits per heavy atom. The lowest BCUT2D eigenvalue weighted by Gasteiger charge is -2.26. The Kier molecular flexibility index (Phi) is 16.0. The summed E-state index contributed by atoms with van der Waals surface area (Å²) in [5.74, 6) is 0. The molecule has 7 rings (SSSR count). The molecule has 5 aromatic carbocycles. The summed E-state index contributed by atoms with van der Waals surface area (Å²) >= 11 is 0. The van der Waals surface area contributed by atoms with Gasteiger partial charge in [-0.3, -0.25) is 0 Å². The summed E-state index contributed by atoms with van der Waals surface area (Å²) in [6.45, 7) is 24.5. The van der Waals surface area contributed by atoms with Crippen LogP contribution in [0.5, 0.6) is 0 Å². The van der Waals surface area contributed by atoms with Gasteiger partial charge in [0.05, 0.1) is 11.0 Å². The maximum atomic E-state index is 3.36. The number of para-hydroxylation sites is 4. The molecular formula is C49H58N2. The van der Waals surface area contributed by atoms with Gasteiger partial charge in [-0.05, 0) is 87.6 Å². The molecule has 0 unspecified atom stereocenters. The summed E-state index contributed by atoms with van der Waals surface area (Å²) in [6.07, 6.45) is 12.3. The Labute approximate surface area is 307 Å². The number of nitrogens with zero attached hydrogens (tertiary/aromatic N) is 2. The molecule has 0 radical (unpaired) electrons. The molecule has 0 saturated heterocycles. The normalized spacial score (nSPS) is 10.9. The van der Waals surface area contributed by atoms with Crippen LogP contribution in [0.4, 0.5) is 0 Å². The van der Waals surface area contributed by atoms with E-state index in [0.717, 1.165) is 13.0 Å². The predicted octanol–water partition coefficient (Wildman–Crippen LogP) is 14.8. The first-order valence-electron chi connectivity index (χ1n) is 18.3. The highest BCUT2D eigenvalue weighted by Gasteiger charge is 2.23. The predicted molar refractivity (Wildman–Crippen MR) is 231 cm³/mol. The van der Waals surface area contributed by atoms with Crippen LogP contribution < -0.4 is 0 Å². The number of aryl methyl sites for hydroxylation is 1. The third-order valence-electron chi connectivity index (χ3n) is 8.94. The van der Waals surface area contributed by atoms with Crippen molar-refractivity contribution in [2.24, 2.45) is 0 Å². The summed E-state index contributed by atoms with van der Waals surface area (Å²) in [4.78, 5) is 0. The quantitative estimate of drug-likeness (QED) is 0.123. The van der Waals surface area contributed by atoms with Gasteiger partial charge in [0, 0.05) is 44.8 Å². The molecule has 0 fully saturated rings. The van der Waals surface area contributed by atoms with E-state index in [4.69, 9.17) is 0 Å². The second kappa shape index (κ2) is 20.4. The lowest BCUT2D eigenvalue weighted by Crippen LogP contribution is -2.20. The summed E-state index contributed by atoms with van der Waals surface area (Å²) in [5, 5.41) is 5.31. The second-order valence-electron chi connectivity index (χ2n) is 12.5. The maximum absolute atomic E-state index is 3.36. The SMILES string of the molecule is C/C=C\C.C/C=C\C.C=CC=C.CC.CC(C)(CCn1c2ccccc2c2ccccc21)c1ccc2c(c1)c1ccccc1n2-c1ccccc1. The lowest BCUT2D eigenvalue weighted by molar-refractivity contribution is 0.446. The smallest absolute Gasteiger partial charge is 0.0541 e. The zero-order chi connectivity index (χ0) is 37.2. The van der Waals surface area contributed by atoms with Crippen molar-refractivity contribution >= 4 is 43.6 Å². The molecule has 0 N–H and O–H groups in total. The molecule has 2 aromatic heterocycles. The Hall–Kier alpha value is -5.34. The molecule has 264 valence electrons. The summed E-state index contributed by atoms with van der Waals surface area (Å²) in [5.41, 5.74) is 7.76. The van der Waals surface area contributed by atoms with Gasteiger partial charge in [-0.2, -0.15) is 0 Å². The van der Waals surface area contributed by atoms with E-state index in [1.807, 2.05) is 65.8 Å². The lowest BCUT2D eigenvalue weighted by atomic mass is 9.81. The largest absolute Gasteiger partial charge is 0.340 e. The van der Waals surface area contributed by atoms with E-state index in [-0.39, 0.29) is 5.41 Å². The van der Waals surface area contributed by atoms with Crippen LogP contribution in [0.25, 0.3) is 49.3 Å². The number of fused-ring (bicyclic) bond motifs is 6.